The minimum absolute atomic E-state index is 0.163. The summed E-state index contributed by atoms with van der Waals surface area (Å²) in [6.07, 6.45) is -1.56. The van der Waals surface area contributed by atoms with Crippen molar-refractivity contribution < 1.29 is 24.6 Å². The number of carbonyl (C=O) groups excluding carboxylic acids is 1. The van der Waals surface area contributed by atoms with Crippen LogP contribution in [-0.4, -0.2) is 60.5 Å². The highest BCUT2D eigenvalue weighted by Gasteiger charge is 2.43. The third-order valence-electron chi connectivity index (χ3n) is 6.52. The number of nitrogens with one attached hydrogen (secondary N) is 2. The van der Waals surface area contributed by atoms with Gasteiger partial charge in [0.05, 0.1) is 5.69 Å². The molecule has 3 rings (SSSR count). The van der Waals surface area contributed by atoms with Gasteiger partial charge < -0.3 is 20.8 Å². The van der Waals surface area contributed by atoms with Crippen molar-refractivity contribution in [1.29, 1.82) is 0 Å². The highest BCUT2D eigenvalue weighted by molar-refractivity contribution is 7.15. The van der Waals surface area contributed by atoms with Crippen LogP contribution in [0.15, 0.2) is 54.6 Å². The molecule has 1 heterocycles. The standard InChI is InChI=1S/C31H41N5O5S/c1-20(37)32-26-34-24(25(42-26)19-22-11-9-8-10-12-22)18-15-21-13-16-23(17-14-21)33-27(35(28(38)39)30(2,3)4)36(29(40)41)31(5,6)7/h8-14,16-17,27,33H,15,18-19H2,1-7H3,(H,38,39)(H,40,41)(H,32,34,37). The Balaban J connectivity index is 1.83. The molecule has 3 aromatic rings. The zero-order valence-electron chi connectivity index (χ0n) is 25.3. The van der Waals surface area contributed by atoms with E-state index in [1.165, 1.54) is 18.3 Å². The predicted octanol–water partition coefficient (Wildman–Crippen LogP) is 6.73. The normalized spacial score (nSPS) is 11.7. The first-order valence-electron chi connectivity index (χ1n) is 13.8. The van der Waals surface area contributed by atoms with Crippen molar-refractivity contribution in [3.63, 3.8) is 0 Å². The second-order valence-electron chi connectivity index (χ2n) is 12.1. The fourth-order valence-corrected chi connectivity index (χ4v) is 5.73. The number of hydrogen-bond acceptors (Lipinski definition) is 6. The van der Waals surface area contributed by atoms with Crippen molar-refractivity contribution >= 4 is 40.2 Å². The van der Waals surface area contributed by atoms with Gasteiger partial charge in [0.2, 0.25) is 5.91 Å². The lowest BCUT2D eigenvalue weighted by Gasteiger charge is -2.48. The number of anilines is 2. The molecule has 0 atom stereocenters. The second kappa shape index (κ2) is 13.2. The highest BCUT2D eigenvalue weighted by atomic mass is 32.1. The smallest absolute Gasteiger partial charge is 0.410 e. The molecule has 0 aliphatic heterocycles. The molecule has 0 aliphatic rings. The van der Waals surface area contributed by atoms with Crippen LogP contribution in [0, 0.1) is 0 Å². The fraction of sp³-hybridized carbons (Fsp3) is 0.419. The first-order chi connectivity index (χ1) is 19.6. The lowest BCUT2D eigenvalue weighted by atomic mass is 10.0. The SMILES string of the molecule is CC(=O)Nc1nc(CCc2ccc(NC(N(C(=O)O)C(C)(C)C)N(C(=O)O)C(C)(C)C)cc2)c(Cc2ccccc2)s1. The van der Waals surface area contributed by atoms with E-state index in [0.717, 1.165) is 37.9 Å². The van der Waals surface area contributed by atoms with Crippen LogP contribution in [0.4, 0.5) is 20.4 Å². The van der Waals surface area contributed by atoms with Gasteiger partial charge in [-0.2, -0.15) is 0 Å². The van der Waals surface area contributed by atoms with Gasteiger partial charge in [0, 0.05) is 35.0 Å². The number of carboxylic acid groups (broad SMARTS) is 2. The average molecular weight is 596 g/mol. The van der Waals surface area contributed by atoms with E-state index in [9.17, 15) is 24.6 Å². The average Bonchev–Trinajstić information content (AvgIpc) is 3.22. The van der Waals surface area contributed by atoms with Crippen LogP contribution in [0.1, 0.15) is 70.2 Å². The maximum atomic E-state index is 12.3. The summed E-state index contributed by atoms with van der Waals surface area (Å²) < 4.78 is 0. The third kappa shape index (κ3) is 8.69. The van der Waals surface area contributed by atoms with Crippen molar-refractivity contribution in [3.8, 4) is 0 Å². The molecule has 0 unspecified atom stereocenters. The van der Waals surface area contributed by atoms with Gasteiger partial charge in [0.15, 0.2) is 11.4 Å². The Labute approximate surface area is 251 Å². The van der Waals surface area contributed by atoms with Gasteiger partial charge in [0.25, 0.3) is 0 Å². The van der Waals surface area contributed by atoms with E-state index in [0.29, 0.717) is 23.7 Å². The van der Waals surface area contributed by atoms with Crippen LogP contribution >= 0.6 is 11.3 Å². The Morgan fingerprint density at radius 1 is 0.833 bits per heavy atom. The van der Waals surface area contributed by atoms with E-state index in [2.05, 4.69) is 27.8 Å². The van der Waals surface area contributed by atoms with E-state index in [-0.39, 0.29) is 5.91 Å². The number of aryl methyl sites for hydroxylation is 2. The lowest BCUT2D eigenvalue weighted by molar-refractivity contribution is -0.114. The molecule has 226 valence electrons. The van der Waals surface area contributed by atoms with E-state index < -0.39 is 29.6 Å². The maximum Gasteiger partial charge on any atom is 0.410 e. The molecule has 3 amide bonds. The molecule has 2 aromatic carbocycles. The number of nitrogens with zero attached hydrogens (tertiary/aromatic N) is 3. The first kappa shape index (κ1) is 32.4. The van der Waals surface area contributed by atoms with Crippen molar-refractivity contribution in [2.45, 2.75) is 85.1 Å². The van der Waals surface area contributed by atoms with Crippen molar-refractivity contribution in [1.82, 2.24) is 14.8 Å². The van der Waals surface area contributed by atoms with Crippen LogP contribution in [0.2, 0.25) is 0 Å². The summed E-state index contributed by atoms with van der Waals surface area (Å²) in [4.78, 5) is 44.3. The molecule has 0 fully saturated rings. The Morgan fingerprint density at radius 3 is 1.86 bits per heavy atom. The summed E-state index contributed by atoms with van der Waals surface area (Å²) in [6, 6.07) is 17.6. The van der Waals surface area contributed by atoms with Gasteiger partial charge in [-0.1, -0.05) is 42.5 Å². The topological polar surface area (TPSA) is 135 Å². The molecule has 0 saturated heterocycles. The second-order valence-corrected chi connectivity index (χ2v) is 13.2. The Bertz CT molecular complexity index is 1350. The fourth-order valence-electron chi connectivity index (χ4n) is 4.64. The molecule has 0 spiro atoms. The van der Waals surface area contributed by atoms with Gasteiger partial charge in [-0.25, -0.2) is 14.6 Å². The molecule has 10 nitrogen and oxygen atoms in total. The first-order valence-corrected chi connectivity index (χ1v) is 14.6. The van der Waals surface area contributed by atoms with Crippen molar-refractivity contribution in [3.05, 3.63) is 76.3 Å². The zero-order valence-corrected chi connectivity index (χ0v) is 26.1. The van der Waals surface area contributed by atoms with E-state index >= 15 is 0 Å². The van der Waals surface area contributed by atoms with Gasteiger partial charge in [-0.3, -0.25) is 14.6 Å². The van der Waals surface area contributed by atoms with E-state index in [4.69, 9.17) is 0 Å². The number of carbonyl (C=O) groups is 3. The van der Waals surface area contributed by atoms with Gasteiger partial charge >= 0.3 is 12.2 Å². The van der Waals surface area contributed by atoms with Crippen LogP contribution in [-0.2, 0) is 24.1 Å². The number of benzene rings is 2. The number of aromatic nitrogens is 1. The molecule has 0 bridgehead atoms. The minimum Gasteiger partial charge on any atom is -0.465 e. The van der Waals surface area contributed by atoms with Crippen LogP contribution < -0.4 is 10.6 Å². The molecule has 11 heteroatoms. The summed E-state index contributed by atoms with van der Waals surface area (Å²) >= 11 is 1.48. The molecule has 0 radical (unpaired) electrons. The summed E-state index contributed by atoms with van der Waals surface area (Å²) in [5.74, 6) is -0.163. The summed E-state index contributed by atoms with van der Waals surface area (Å²) in [5.41, 5.74) is 1.94. The Hall–Kier alpha value is -4.12. The summed E-state index contributed by atoms with van der Waals surface area (Å²) in [5, 5.41) is 26.7. The van der Waals surface area contributed by atoms with Crippen LogP contribution in [0.25, 0.3) is 0 Å². The minimum atomic E-state index is -1.24. The van der Waals surface area contributed by atoms with Gasteiger partial charge in [-0.15, -0.1) is 11.3 Å². The summed E-state index contributed by atoms with van der Waals surface area (Å²) in [7, 11) is 0. The largest absolute Gasteiger partial charge is 0.465 e. The van der Waals surface area contributed by atoms with Crippen molar-refractivity contribution in [2.24, 2.45) is 0 Å². The molecule has 0 saturated carbocycles. The van der Waals surface area contributed by atoms with Crippen LogP contribution in [0.3, 0.4) is 0 Å². The number of rotatable bonds is 10. The van der Waals surface area contributed by atoms with Gasteiger partial charge in [-0.05, 0) is 77.6 Å². The maximum absolute atomic E-state index is 12.3. The quantitative estimate of drug-likeness (QED) is 0.191. The monoisotopic (exact) mass is 595 g/mol. The number of amides is 3. The molecular formula is C31H41N5O5S. The predicted molar refractivity (Wildman–Crippen MR) is 166 cm³/mol. The van der Waals surface area contributed by atoms with E-state index in [1.54, 1.807) is 41.5 Å². The summed E-state index contributed by atoms with van der Waals surface area (Å²) in [6.45, 7) is 11.8. The zero-order chi connectivity index (χ0) is 31.2. The van der Waals surface area contributed by atoms with Crippen molar-refractivity contribution in [2.75, 3.05) is 10.6 Å². The number of thiazole rings is 1. The number of hydrogen-bond donors (Lipinski definition) is 4. The molecule has 4 N–H and O–H groups in total. The molecule has 42 heavy (non-hydrogen) atoms. The molecule has 1 aromatic heterocycles. The Morgan fingerprint density at radius 2 is 1.38 bits per heavy atom. The highest BCUT2D eigenvalue weighted by Crippen LogP contribution is 2.29. The van der Waals surface area contributed by atoms with Gasteiger partial charge in [0.1, 0.15) is 0 Å². The van der Waals surface area contributed by atoms with Crippen LogP contribution in [0.5, 0.6) is 0 Å². The molecule has 0 aliphatic carbocycles. The lowest BCUT2D eigenvalue weighted by Crippen LogP contribution is -2.66. The molecular weight excluding hydrogens is 554 g/mol. The third-order valence-corrected chi connectivity index (χ3v) is 7.53. The van der Waals surface area contributed by atoms with E-state index in [1.807, 2.05) is 42.5 Å². The Kier molecular flexibility index (Phi) is 10.2.